The smallest absolute Gasteiger partial charge is 0.195 e. The second-order valence-electron chi connectivity index (χ2n) is 6.26. The molecule has 1 aromatic carbocycles. The van der Waals surface area contributed by atoms with Crippen LogP contribution in [0.5, 0.6) is 0 Å². The van der Waals surface area contributed by atoms with Crippen LogP contribution in [0.3, 0.4) is 0 Å². The minimum Gasteiger partial charge on any atom is -0.353 e. The number of aromatic nitrogens is 1. The molecule has 0 saturated carbocycles. The topological polar surface area (TPSA) is 76.0 Å². The van der Waals surface area contributed by atoms with Crippen LogP contribution < -0.4 is 5.73 Å². The molecule has 1 fully saturated rings. The lowest BCUT2D eigenvalue weighted by Crippen LogP contribution is -2.15. The van der Waals surface area contributed by atoms with Crippen LogP contribution in [0.2, 0.25) is 0 Å². The maximum atomic E-state index is 13.3. The molecule has 2 aromatic rings. The van der Waals surface area contributed by atoms with E-state index in [0.29, 0.717) is 22.4 Å². The number of ketones is 2. The highest BCUT2D eigenvalue weighted by Gasteiger charge is 2.30. The fourth-order valence-corrected chi connectivity index (χ4v) is 6.26. The zero-order valence-electron chi connectivity index (χ0n) is 14.7. The molecular weight excluding hydrogens is 432 g/mol. The molecular formula is C19H21BrN2O2S2. The van der Waals surface area contributed by atoms with Gasteiger partial charge in [0.25, 0.3) is 0 Å². The second kappa shape index (κ2) is 8.33. The van der Waals surface area contributed by atoms with Gasteiger partial charge in [0.05, 0.1) is 22.5 Å². The van der Waals surface area contributed by atoms with Crippen molar-refractivity contribution in [1.82, 2.24) is 4.98 Å². The van der Waals surface area contributed by atoms with Crippen LogP contribution in [-0.4, -0.2) is 34.6 Å². The van der Waals surface area contributed by atoms with E-state index in [2.05, 4.69) is 20.9 Å². The molecule has 26 heavy (non-hydrogen) atoms. The van der Waals surface area contributed by atoms with Crippen LogP contribution >= 0.6 is 39.5 Å². The molecule has 1 aromatic heterocycles. The van der Waals surface area contributed by atoms with Gasteiger partial charge in [-0.1, -0.05) is 28.1 Å². The monoisotopic (exact) mass is 452 g/mol. The molecule has 0 unspecified atom stereocenters. The number of carbonyl (C=O) groups is 2. The number of rotatable bonds is 5. The molecule has 0 aliphatic carbocycles. The maximum Gasteiger partial charge on any atom is 0.195 e. The van der Waals surface area contributed by atoms with Gasteiger partial charge in [0.1, 0.15) is 0 Å². The highest BCUT2D eigenvalue weighted by atomic mass is 79.9. The number of carbonyl (C=O) groups excluding carboxylic acids is 2. The van der Waals surface area contributed by atoms with E-state index >= 15 is 0 Å². The van der Waals surface area contributed by atoms with Gasteiger partial charge in [-0.25, -0.2) is 0 Å². The van der Waals surface area contributed by atoms with Crippen molar-refractivity contribution in [3.63, 3.8) is 0 Å². The fraction of sp³-hybridized carbons (Fsp3) is 0.368. The predicted molar refractivity (Wildman–Crippen MR) is 114 cm³/mol. The van der Waals surface area contributed by atoms with Crippen LogP contribution in [-0.2, 0) is 0 Å². The van der Waals surface area contributed by atoms with Crippen molar-refractivity contribution in [2.75, 3.05) is 18.1 Å². The van der Waals surface area contributed by atoms with Gasteiger partial charge in [-0.05, 0) is 49.0 Å². The summed E-state index contributed by atoms with van der Waals surface area (Å²) in [5.74, 6) is 1.88. The molecule has 0 spiro atoms. The molecule has 2 heterocycles. The summed E-state index contributed by atoms with van der Waals surface area (Å²) in [6, 6.07) is 5.61. The first-order valence-electron chi connectivity index (χ1n) is 8.43. The van der Waals surface area contributed by atoms with E-state index in [0.717, 1.165) is 33.7 Å². The molecule has 7 heteroatoms. The average Bonchev–Trinajstić information content (AvgIpc) is 3.00. The average molecular weight is 453 g/mol. The molecule has 0 radical (unpaired) electrons. The molecule has 1 aliphatic rings. The number of thioether (sulfide) groups is 2. The van der Waals surface area contributed by atoms with Crippen molar-refractivity contribution < 1.29 is 9.59 Å². The lowest BCUT2D eigenvalue weighted by atomic mass is 9.98. The van der Waals surface area contributed by atoms with Crippen LogP contribution in [0.1, 0.15) is 54.2 Å². The van der Waals surface area contributed by atoms with Gasteiger partial charge in [0.15, 0.2) is 11.6 Å². The first-order chi connectivity index (χ1) is 12.4. The summed E-state index contributed by atoms with van der Waals surface area (Å²) in [6.45, 7) is 3.74. The van der Waals surface area contributed by atoms with E-state index in [-0.39, 0.29) is 22.7 Å². The Morgan fingerprint density at radius 2 is 1.96 bits per heavy atom. The van der Waals surface area contributed by atoms with Crippen molar-refractivity contribution >= 4 is 51.0 Å². The molecule has 3 rings (SSSR count). The van der Waals surface area contributed by atoms with Crippen molar-refractivity contribution in [2.45, 2.75) is 24.9 Å². The third-order valence-corrected chi connectivity index (χ3v) is 8.26. The number of aromatic amines is 1. The number of nitrogens with one attached hydrogen (secondary N) is 1. The van der Waals surface area contributed by atoms with Gasteiger partial charge >= 0.3 is 0 Å². The SMILES string of the molecule is Cc1ccc(C(=O)c2c(C3SCCCS3)[nH]c(C(=O)CN)c2C)cc1Br. The second-order valence-corrected chi connectivity index (χ2v) is 9.84. The minimum absolute atomic E-state index is 0.0581. The van der Waals surface area contributed by atoms with Crippen molar-refractivity contribution in [3.8, 4) is 0 Å². The molecule has 0 atom stereocenters. The van der Waals surface area contributed by atoms with Gasteiger partial charge in [0, 0.05) is 15.6 Å². The Kier molecular flexibility index (Phi) is 6.33. The summed E-state index contributed by atoms with van der Waals surface area (Å²) in [5.41, 5.74) is 9.87. The van der Waals surface area contributed by atoms with Gasteiger partial charge in [-0.3, -0.25) is 9.59 Å². The van der Waals surface area contributed by atoms with Crippen LogP contribution in [0.15, 0.2) is 22.7 Å². The Bertz CT molecular complexity index is 857. The number of aryl methyl sites for hydroxylation is 1. The number of H-pyrrole nitrogens is 1. The fourth-order valence-electron chi connectivity index (χ4n) is 3.00. The largest absolute Gasteiger partial charge is 0.353 e. The van der Waals surface area contributed by atoms with Gasteiger partial charge in [-0.2, -0.15) is 0 Å². The van der Waals surface area contributed by atoms with E-state index in [4.69, 9.17) is 5.73 Å². The normalized spacial score (nSPS) is 15.2. The zero-order chi connectivity index (χ0) is 18.8. The van der Waals surface area contributed by atoms with Crippen molar-refractivity contribution in [1.29, 1.82) is 0 Å². The van der Waals surface area contributed by atoms with E-state index in [9.17, 15) is 9.59 Å². The third kappa shape index (κ3) is 3.81. The van der Waals surface area contributed by atoms with Crippen LogP contribution in [0, 0.1) is 13.8 Å². The summed E-state index contributed by atoms with van der Waals surface area (Å²) in [5, 5.41) is 0. The van der Waals surface area contributed by atoms with Crippen LogP contribution in [0.25, 0.3) is 0 Å². The third-order valence-electron chi connectivity index (χ3n) is 4.47. The van der Waals surface area contributed by atoms with E-state index in [1.165, 1.54) is 0 Å². The van der Waals surface area contributed by atoms with Crippen molar-refractivity contribution in [2.24, 2.45) is 5.73 Å². The Morgan fingerprint density at radius 3 is 2.58 bits per heavy atom. The number of halogens is 1. The molecule has 0 amide bonds. The summed E-state index contributed by atoms with van der Waals surface area (Å²) >= 11 is 7.14. The van der Waals surface area contributed by atoms with Gasteiger partial charge in [-0.15, -0.1) is 23.5 Å². The van der Waals surface area contributed by atoms with Gasteiger partial charge in [0.2, 0.25) is 0 Å². The number of benzene rings is 1. The lowest BCUT2D eigenvalue weighted by Gasteiger charge is -2.21. The predicted octanol–water partition coefficient (Wildman–Crippen LogP) is 4.64. The standard InChI is InChI=1S/C19H21BrN2O2S2/c1-10-4-5-12(8-13(10)20)18(24)15-11(2)16(14(23)9-21)22-17(15)19-25-6-3-7-26-19/h4-5,8,19,22H,3,6-7,9,21H2,1-2H3. The highest BCUT2D eigenvalue weighted by molar-refractivity contribution is 9.10. The van der Waals surface area contributed by atoms with E-state index in [1.54, 1.807) is 0 Å². The quantitative estimate of drug-likeness (QED) is 0.646. The Hall–Kier alpha value is -1.02. The minimum atomic E-state index is -0.168. The molecule has 138 valence electrons. The first kappa shape index (κ1) is 19.7. The summed E-state index contributed by atoms with van der Waals surface area (Å²) in [6.07, 6.45) is 1.16. The molecule has 1 aliphatic heterocycles. The van der Waals surface area contributed by atoms with Crippen LogP contribution in [0.4, 0.5) is 0 Å². The lowest BCUT2D eigenvalue weighted by molar-refractivity contribution is 0.0996. The van der Waals surface area contributed by atoms with E-state index < -0.39 is 0 Å². The molecule has 4 nitrogen and oxygen atoms in total. The van der Waals surface area contributed by atoms with Gasteiger partial charge < -0.3 is 10.7 Å². The maximum absolute atomic E-state index is 13.3. The Labute approximate surface area is 170 Å². The number of Topliss-reactive ketones (excluding diaryl/α,β-unsaturated/α-hetero) is 1. The van der Waals surface area contributed by atoms with E-state index in [1.807, 2.05) is 55.6 Å². The van der Waals surface area contributed by atoms with Crippen molar-refractivity contribution in [3.05, 3.63) is 56.3 Å². The highest BCUT2D eigenvalue weighted by Crippen LogP contribution is 2.45. The summed E-state index contributed by atoms with van der Waals surface area (Å²) < 4.78 is 1.03. The number of hydrogen-bond donors (Lipinski definition) is 2. The molecule has 0 bridgehead atoms. The summed E-state index contributed by atoms with van der Waals surface area (Å²) in [4.78, 5) is 28.8. The number of hydrogen-bond acceptors (Lipinski definition) is 5. The Morgan fingerprint density at radius 1 is 1.27 bits per heavy atom. The Balaban J connectivity index is 2.10. The number of nitrogens with two attached hydrogens (primary N) is 1. The first-order valence-corrected chi connectivity index (χ1v) is 11.3. The molecule has 3 N–H and O–H groups in total. The zero-order valence-corrected chi connectivity index (χ0v) is 17.9. The summed E-state index contributed by atoms with van der Waals surface area (Å²) in [7, 11) is 0. The molecule has 1 saturated heterocycles.